The van der Waals surface area contributed by atoms with Crippen LogP contribution >= 0.6 is 0 Å². The molecule has 5 rings (SSSR count). The number of rotatable bonds is 9. The zero-order valence-corrected chi connectivity index (χ0v) is 21.5. The first-order valence-electron chi connectivity index (χ1n) is 12.9. The highest BCUT2D eigenvalue weighted by Crippen LogP contribution is 2.39. The number of methoxy groups -OCH3 is 1. The summed E-state index contributed by atoms with van der Waals surface area (Å²) in [6.07, 6.45) is 6.52. The first-order chi connectivity index (χ1) is 18.2. The molecular formula is C31H33N3O3. The fourth-order valence-corrected chi connectivity index (χ4v) is 5.03. The van der Waals surface area contributed by atoms with Crippen LogP contribution in [0.5, 0.6) is 11.5 Å². The van der Waals surface area contributed by atoms with Gasteiger partial charge in [0, 0.05) is 24.0 Å². The topological polar surface area (TPSA) is 56.6 Å². The van der Waals surface area contributed by atoms with Gasteiger partial charge in [-0.15, -0.1) is 0 Å². The maximum Gasteiger partial charge on any atom is 0.234 e. The van der Waals surface area contributed by atoms with E-state index in [2.05, 4.69) is 30.2 Å². The van der Waals surface area contributed by atoms with Crippen LogP contribution in [0.15, 0.2) is 85.2 Å². The molecule has 0 N–H and O–H groups in total. The maximum atomic E-state index is 14.2. The first kappa shape index (κ1) is 24.6. The summed E-state index contributed by atoms with van der Waals surface area (Å²) in [7, 11) is 1.65. The van der Waals surface area contributed by atoms with Crippen molar-refractivity contribution in [2.75, 3.05) is 12.0 Å². The largest absolute Gasteiger partial charge is 0.497 e. The predicted molar refractivity (Wildman–Crippen MR) is 145 cm³/mol. The highest BCUT2D eigenvalue weighted by molar-refractivity contribution is 5.98. The van der Waals surface area contributed by atoms with Gasteiger partial charge < -0.3 is 14.4 Å². The Hall–Kier alpha value is -4.06. The number of anilines is 1. The molecule has 1 heterocycles. The molecule has 1 unspecified atom stereocenters. The van der Waals surface area contributed by atoms with Gasteiger partial charge in [0.1, 0.15) is 18.1 Å². The molecule has 0 spiro atoms. The van der Waals surface area contributed by atoms with E-state index in [0.29, 0.717) is 13.2 Å². The van der Waals surface area contributed by atoms with Gasteiger partial charge in [0.2, 0.25) is 5.91 Å². The molecule has 37 heavy (non-hydrogen) atoms. The van der Waals surface area contributed by atoms with E-state index in [-0.39, 0.29) is 11.8 Å². The van der Waals surface area contributed by atoms with Gasteiger partial charge in [-0.25, -0.2) is 0 Å². The van der Waals surface area contributed by atoms with E-state index in [0.717, 1.165) is 65.2 Å². The molecule has 3 aromatic carbocycles. The summed E-state index contributed by atoms with van der Waals surface area (Å²) in [5.74, 6) is 1.50. The highest BCUT2D eigenvalue weighted by atomic mass is 16.5. The molecule has 190 valence electrons. The van der Waals surface area contributed by atoms with Crippen LogP contribution < -0.4 is 14.4 Å². The maximum absolute atomic E-state index is 14.2. The Kier molecular flexibility index (Phi) is 7.54. The van der Waals surface area contributed by atoms with E-state index in [1.54, 1.807) is 7.11 Å². The number of fused-ring (bicyclic) bond motifs is 1. The van der Waals surface area contributed by atoms with Crippen LogP contribution in [0.3, 0.4) is 0 Å². The molecule has 0 saturated carbocycles. The first-order valence-corrected chi connectivity index (χ1v) is 12.9. The molecule has 0 fully saturated rings. The van der Waals surface area contributed by atoms with Crippen molar-refractivity contribution in [3.05, 3.63) is 107 Å². The van der Waals surface area contributed by atoms with Gasteiger partial charge in [0.15, 0.2) is 0 Å². The van der Waals surface area contributed by atoms with Crippen LogP contribution in [-0.2, 0) is 30.9 Å². The summed E-state index contributed by atoms with van der Waals surface area (Å²) in [6, 6.07) is 24.0. The molecule has 0 radical (unpaired) electrons. The number of benzene rings is 3. The van der Waals surface area contributed by atoms with Gasteiger partial charge in [0.05, 0.1) is 25.8 Å². The van der Waals surface area contributed by atoms with E-state index >= 15 is 0 Å². The average Bonchev–Trinajstić information content (AvgIpc) is 3.42. The quantitative estimate of drug-likeness (QED) is 0.280. The molecule has 0 aliphatic heterocycles. The van der Waals surface area contributed by atoms with E-state index < -0.39 is 0 Å². The number of aromatic nitrogens is 2. The number of ether oxygens (including phenoxy) is 2. The minimum atomic E-state index is -0.229. The molecule has 6 heteroatoms. The summed E-state index contributed by atoms with van der Waals surface area (Å²) in [5.41, 5.74) is 5.20. The van der Waals surface area contributed by atoms with Crippen molar-refractivity contribution in [2.45, 2.75) is 51.8 Å². The van der Waals surface area contributed by atoms with E-state index in [1.165, 1.54) is 0 Å². The second-order valence-corrected chi connectivity index (χ2v) is 9.37. The second-order valence-electron chi connectivity index (χ2n) is 9.37. The molecule has 4 aromatic rings. The highest BCUT2D eigenvalue weighted by Gasteiger charge is 2.32. The molecule has 6 nitrogen and oxygen atoms in total. The third-order valence-electron chi connectivity index (χ3n) is 7.00. The lowest BCUT2D eigenvalue weighted by atomic mass is 9.81. The zero-order valence-electron chi connectivity index (χ0n) is 21.5. The smallest absolute Gasteiger partial charge is 0.234 e. The summed E-state index contributed by atoms with van der Waals surface area (Å²) in [5, 5.41) is 4.42. The number of hydrogen-bond acceptors (Lipinski definition) is 4. The van der Waals surface area contributed by atoms with Crippen LogP contribution in [-0.4, -0.2) is 22.8 Å². The minimum absolute atomic E-state index is 0.0931. The van der Waals surface area contributed by atoms with Crippen molar-refractivity contribution < 1.29 is 14.3 Å². The number of carbonyl (C=O) groups excluding carboxylic acids is 1. The number of aryl methyl sites for hydroxylation is 1. The SMILES string of the molecule is CCn1cc(CN(C(=O)C2CCCc3c(OCc4ccccc4)cccc32)c2ccc(OC)cc2)cn1. The standard InChI is InChI=1S/C31H33N3O3/c1-3-33-20-24(19-32-33)21-34(25-15-17-26(36-2)18-16-25)31(35)29-13-7-12-28-27(29)11-8-14-30(28)37-22-23-9-5-4-6-10-23/h4-6,8-11,14-20,29H,3,7,12-13,21-22H2,1-2H3. The molecular weight excluding hydrogens is 462 g/mol. The van der Waals surface area contributed by atoms with E-state index in [1.807, 2.05) is 76.6 Å². The van der Waals surface area contributed by atoms with Crippen LogP contribution in [0.1, 0.15) is 47.9 Å². The van der Waals surface area contributed by atoms with Crippen molar-refractivity contribution in [2.24, 2.45) is 0 Å². The zero-order chi connectivity index (χ0) is 25.6. The second kappa shape index (κ2) is 11.3. The van der Waals surface area contributed by atoms with Gasteiger partial charge >= 0.3 is 0 Å². The Balaban J connectivity index is 1.44. The van der Waals surface area contributed by atoms with Crippen molar-refractivity contribution in [3.63, 3.8) is 0 Å². The Morgan fingerprint density at radius 1 is 1.03 bits per heavy atom. The third-order valence-corrected chi connectivity index (χ3v) is 7.00. The Labute approximate surface area is 218 Å². The summed E-state index contributed by atoms with van der Waals surface area (Å²) in [4.78, 5) is 16.1. The van der Waals surface area contributed by atoms with Crippen molar-refractivity contribution >= 4 is 11.6 Å². The van der Waals surface area contributed by atoms with Gasteiger partial charge in [0.25, 0.3) is 0 Å². The number of amides is 1. The van der Waals surface area contributed by atoms with Crippen LogP contribution in [0.4, 0.5) is 5.69 Å². The Morgan fingerprint density at radius 3 is 2.57 bits per heavy atom. The summed E-state index contributed by atoms with van der Waals surface area (Å²) >= 11 is 0. The minimum Gasteiger partial charge on any atom is -0.497 e. The van der Waals surface area contributed by atoms with Crippen molar-refractivity contribution in [1.29, 1.82) is 0 Å². The lowest BCUT2D eigenvalue weighted by Gasteiger charge is -2.31. The van der Waals surface area contributed by atoms with Gasteiger partial charge in [-0.2, -0.15) is 5.10 Å². The summed E-state index contributed by atoms with van der Waals surface area (Å²) < 4.78 is 13.5. The number of nitrogens with zero attached hydrogens (tertiary/aromatic N) is 3. The van der Waals surface area contributed by atoms with Gasteiger partial charge in [-0.05, 0) is 73.2 Å². The monoisotopic (exact) mass is 495 g/mol. The van der Waals surface area contributed by atoms with E-state index in [4.69, 9.17) is 9.47 Å². The predicted octanol–water partition coefficient (Wildman–Crippen LogP) is 6.14. The van der Waals surface area contributed by atoms with Crippen LogP contribution in [0, 0.1) is 0 Å². The van der Waals surface area contributed by atoms with Crippen LogP contribution in [0.25, 0.3) is 0 Å². The normalized spacial score (nSPS) is 14.6. The number of hydrogen-bond donors (Lipinski definition) is 0. The average molecular weight is 496 g/mol. The third kappa shape index (κ3) is 5.53. The van der Waals surface area contributed by atoms with Crippen LogP contribution in [0.2, 0.25) is 0 Å². The molecule has 1 aromatic heterocycles. The summed E-state index contributed by atoms with van der Waals surface area (Å²) in [6.45, 7) is 3.81. The van der Waals surface area contributed by atoms with Crippen molar-refractivity contribution in [1.82, 2.24) is 9.78 Å². The molecule has 0 bridgehead atoms. The molecule has 1 amide bonds. The lowest BCUT2D eigenvalue weighted by molar-refractivity contribution is -0.120. The molecule has 1 aliphatic rings. The van der Waals surface area contributed by atoms with Crippen molar-refractivity contribution in [3.8, 4) is 11.5 Å². The fraction of sp³-hybridized carbons (Fsp3) is 0.290. The lowest BCUT2D eigenvalue weighted by Crippen LogP contribution is -2.36. The number of carbonyl (C=O) groups is 1. The molecule has 1 aliphatic carbocycles. The fourth-order valence-electron chi connectivity index (χ4n) is 5.03. The van der Waals surface area contributed by atoms with Gasteiger partial charge in [-0.3, -0.25) is 9.48 Å². The van der Waals surface area contributed by atoms with Gasteiger partial charge in [-0.1, -0.05) is 42.5 Å². The Morgan fingerprint density at radius 2 is 1.84 bits per heavy atom. The Bertz CT molecular complexity index is 1330. The molecule has 1 atom stereocenters. The molecule has 0 saturated heterocycles. The van der Waals surface area contributed by atoms with E-state index in [9.17, 15) is 4.79 Å².